The number of benzene rings is 3. The molecule has 0 aliphatic carbocycles. The van der Waals surface area contributed by atoms with Gasteiger partial charge >= 0.3 is 5.97 Å². The predicted octanol–water partition coefficient (Wildman–Crippen LogP) is 6.32. The molecule has 1 aromatic heterocycles. The van der Waals surface area contributed by atoms with Gasteiger partial charge in [0, 0.05) is 30.3 Å². The van der Waals surface area contributed by atoms with E-state index in [1.165, 1.54) is 28.8 Å². The Bertz CT molecular complexity index is 1590. The fraction of sp³-hybridized carbons (Fsp3) is 0.133. The van der Waals surface area contributed by atoms with Crippen LogP contribution in [0.2, 0.25) is 0 Å². The number of aliphatic carboxylic acids is 1. The Morgan fingerprint density at radius 1 is 1.07 bits per heavy atom. The first-order valence-corrected chi connectivity index (χ1v) is 13.7. The van der Waals surface area contributed by atoms with Crippen LogP contribution in [-0.4, -0.2) is 42.5 Å². The van der Waals surface area contributed by atoms with Gasteiger partial charge in [0.15, 0.2) is 0 Å². The molecule has 1 saturated heterocycles. The van der Waals surface area contributed by atoms with E-state index >= 15 is 0 Å². The van der Waals surface area contributed by atoms with Crippen molar-refractivity contribution in [2.75, 3.05) is 6.54 Å². The highest BCUT2D eigenvalue weighted by Gasteiger charge is 2.32. The van der Waals surface area contributed by atoms with Gasteiger partial charge in [-0.25, -0.2) is 9.07 Å². The molecule has 4 aromatic rings. The van der Waals surface area contributed by atoms with Gasteiger partial charge < -0.3 is 9.84 Å². The number of nitrogens with zero attached hydrogens (tertiary/aromatic N) is 3. The Balaban J connectivity index is 1.45. The summed E-state index contributed by atoms with van der Waals surface area (Å²) >= 11 is 6.60. The summed E-state index contributed by atoms with van der Waals surface area (Å²) in [5, 5.41) is 13.8. The molecular formula is C30H24FN3O4S2. The molecule has 10 heteroatoms. The first kappa shape index (κ1) is 27.3. The average Bonchev–Trinajstić information content (AvgIpc) is 3.49. The molecular weight excluding hydrogens is 549 g/mol. The molecule has 1 N–H and O–H groups in total. The van der Waals surface area contributed by atoms with Gasteiger partial charge in [-0.1, -0.05) is 66.4 Å². The molecule has 0 atom stereocenters. The quantitative estimate of drug-likeness (QED) is 0.175. The Morgan fingerprint density at radius 3 is 2.60 bits per heavy atom. The van der Waals surface area contributed by atoms with Gasteiger partial charge in [0.05, 0.1) is 10.6 Å². The number of carbonyl (C=O) groups is 2. The fourth-order valence-electron chi connectivity index (χ4n) is 4.13. The standard InChI is InChI=1S/C30H24FN3O4S2/c31-23-13-11-20(12-14-23)19-38-25-9-4-6-21(16-25)28-22(18-34(32-28)24-7-2-1-3-8-24)17-26-29(37)33(30(39)40-26)15-5-10-27(35)36/h1-4,6-9,11-14,16-18H,5,10,15,19H2,(H,35,36). The second-order valence-electron chi connectivity index (χ2n) is 8.99. The van der Waals surface area contributed by atoms with E-state index < -0.39 is 5.97 Å². The molecule has 1 aliphatic heterocycles. The molecule has 0 unspecified atom stereocenters. The molecule has 5 rings (SSSR count). The third-order valence-corrected chi connectivity index (χ3v) is 7.50. The minimum Gasteiger partial charge on any atom is -0.489 e. The summed E-state index contributed by atoms with van der Waals surface area (Å²) in [7, 11) is 0. The number of ether oxygens (including phenoxy) is 1. The van der Waals surface area contributed by atoms with Crippen LogP contribution in [0.3, 0.4) is 0 Å². The number of carbonyl (C=O) groups excluding carboxylic acids is 1. The van der Waals surface area contributed by atoms with Crippen LogP contribution in [0.25, 0.3) is 23.0 Å². The smallest absolute Gasteiger partial charge is 0.303 e. The van der Waals surface area contributed by atoms with Crippen molar-refractivity contribution >= 4 is 46.3 Å². The number of aromatic nitrogens is 2. The minimum atomic E-state index is -0.914. The van der Waals surface area contributed by atoms with Crippen molar-refractivity contribution in [2.45, 2.75) is 19.4 Å². The first-order valence-electron chi connectivity index (χ1n) is 12.5. The molecule has 2 heterocycles. The number of thioether (sulfide) groups is 1. The van der Waals surface area contributed by atoms with E-state index in [9.17, 15) is 14.0 Å². The Hall–Kier alpha value is -4.28. The molecule has 0 saturated carbocycles. The monoisotopic (exact) mass is 573 g/mol. The SMILES string of the molecule is O=C(O)CCCN1C(=O)C(=Cc2cn(-c3ccccc3)nc2-c2cccc(OCc3ccc(F)cc3)c2)SC1=S. The molecule has 202 valence electrons. The zero-order valence-electron chi connectivity index (χ0n) is 21.2. The van der Waals surface area contributed by atoms with Crippen LogP contribution >= 0.6 is 24.0 Å². The molecule has 1 fully saturated rings. The predicted molar refractivity (Wildman–Crippen MR) is 156 cm³/mol. The summed E-state index contributed by atoms with van der Waals surface area (Å²) in [6, 6.07) is 23.3. The highest BCUT2D eigenvalue weighted by molar-refractivity contribution is 8.26. The fourth-order valence-corrected chi connectivity index (χ4v) is 5.43. The zero-order valence-corrected chi connectivity index (χ0v) is 22.8. The second kappa shape index (κ2) is 12.3. The van der Waals surface area contributed by atoms with Gasteiger partial charge in [0.2, 0.25) is 0 Å². The molecule has 40 heavy (non-hydrogen) atoms. The van der Waals surface area contributed by atoms with Crippen LogP contribution in [0, 0.1) is 5.82 Å². The number of rotatable bonds is 10. The minimum absolute atomic E-state index is 0.0380. The van der Waals surface area contributed by atoms with E-state index in [-0.39, 0.29) is 31.3 Å². The Labute approximate surface area is 239 Å². The molecule has 1 amide bonds. The highest BCUT2D eigenvalue weighted by Crippen LogP contribution is 2.35. The van der Waals surface area contributed by atoms with Crippen LogP contribution in [0.15, 0.2) is 90.0 Å². The number of halogens is 1. The van der Waals surface area contributed by atoms with Gasteiger partial charge in [0.25, 0.3) is 5.91 Å². The number of carboxylic acids is 1. The van der Waals surface area contributed by atoms with Crippen molar-refractivity contribution in [3.05, 3.63) is 107 Å². The van der Waals surface area contributed by atoms with Crippen LogP contribution in [-0.2, 0) is 16.2 Å². The lowest BCUT2D eigenvalue weighted by Gasteiger charge is -2.13. The van der Waals surface area contributed by atoms with E-state index in [2.05, 4.69) is 0 Å². The van der Waals surface area contributed by atoms with Crippen LogP contribution in [0.1, 0.15) is 24.0 Å². The second-order valence-corrected chi connectivity index (χ2v) is 10.7. The molecule has 0 spiro atoms. The summed E-state index contributed by atoms with van der Waals surface area (Å²) in [6.07, 6.45) is 3.90. The van der Waals surface area contributed by atoms with Crippen molar-refractivity contribution in [3.8, 4) is 22.7 Å². The van der Waals surface area contributed by atoms with E-state index in [1.54, 1.807) is 22.9 Å². The van der Waals surface area contributed by atoms with Gasteiger partial charge in [-0.2, -0.15) is 5.10 Å². The maximum Gasteiger partial charge on any atom is 0.303 e. The lowest BCUT2D eigenvalue weighted by molar-refractivity contribution is -0.137. The van der Waals surface area contributed by atoms with E-state index in [0.29, 0.717) is 32.7 Å². The number of hydrogen-bond acceptors (Lipinski definition) is 6. The van der Waals surface area contributed by atoms with E-state index in [4.69, 9.17) is 27.2 Å². The highest BCUT2D eigenvalue weighted by atomic mass is 32.2. The topological polar surface area (TPSA) is 84.7 Å². The number of carboxylic acid groups (broad SMARTS) is 1. The van der Waals surface area contributed by atoms with Gasteiger partial charge in [-0.05, 0) is 54.5 Å². The zero-order chi connectivity index (χ0) is 28.1. The molecule has 3 aromatic carbocycles. The van der Waals surface area contributed by atoms with Crippen LogP contribution in [0.4, 0.5) is 4.39 Å². The van der Waals surface area contributed by atoms with Gasteiger partial charge in [-0.3, -0.25) is 14.5 Å². The lowest BCUT2D eigenvalue weighted by Crippen LogP contribution is -2.29. The first-order chi connectivity index (χ1) is 19.4. The average molecular weight is 574 g/mol. The largest absolute Gasteiger partial charge is 0.489 e. The van der Waals surface area contributed by atoms with Crippen molar-refractivity contribution < 1.29 is 23.8 Å². The number of amides is 1. The third-order valence-electron chi connectivity index (χ3n) is 6.12. The molecule has 0 bridgehead atoms. The maximum atomic E-state index is 13.2. The van der Waals surface area contributed by atoms with Crippen molar-refractivity contribution in [2.24, 2.45) is 0 Å². The summed E-state index contributed by atoms with van der Waals surface area (Å²) in [5.41, 5.74) is 3.84. The van der Waals surface area contributed by atoms with Crippen LogP contribution in [0.5, 0.6) is 5.75 Å². The van der Waals surface area contributed by atoms with E-state index in [1.807, 2.05) is 60.8 Å². The summed E-state index contributed by atoms with van der Waals surface area (Å²) in [6.45, 7) is 0.525. The van der Waals surface area contributed by atoms with Gasteiger partial charge in [0.1, 0.15) is 28.2 Å². The van der Waals surface area contributed by atoms with Crippen molar-refractivity contribution in [3.63, 3.8) is 0 Å². The summed E-state index contributed by atoms with van der Waals surface area (Å²) in [4.78, 5) is 25.9. The van der Waals surface area contributed by atoms with E-state index in [0.717, 1.165) is 16.8 Å². The summed E-state index contributed by atoms with van der Waals surface area (Å²) in [5.74, 6) is -0.853. The Kier molecular flexibility index (Phi) is 8.37. The maximum absolute atomic E-state index is 13.2. The number of thiocarbonyl (C=S) groups is 1. The lowest BCUT2D eigenvalue weighted by atomic mass is 10.1. The Morgan fingerprint density at radius 2 is 1.85 bits per heavy atom. The van der Waals surface area contributed by atoms with Crippen molar-refractivity contribution in [1.29, 1.82) is 0 Å². The third kappa shape index (κ3) is 6.47. The normalized spacial score (nSPS) is 14.2. The molecule has 1 aliphatic rings. The molecule has 0 radical (unpaired) electrons. The van der Waals surface area contributed by atoms with Crippen LogP contribution < -0.4 is 4.74 Å². The number of hydrogen-bond donors (Lipinski definition) is 1. The summed E-state index contributed by atoms with van der Waals surface area (Å²) < 4.78 is 21.4. The van der Waals surface area contributed by atoms with Crippen molar-refractivity contribution in [1.82, 2.24) is 14.7 Å². The van der Waals surface area contributed by atoms with Gasteiger partial charge in [-0.15, -0.1) is 0 Å². The number of para-hydroxylation sites is 1. The molecule has 7 nitrogen and oxygen atoms in total.